The molecule has 2 atom stereocenters. The number of carbonyl (C=O) groups is 2. The van der Waals surface area contributed by atoms with E-state index in [2.05, 4.69) is 27.3 Å². The number of imide groups is 1. The number of allylic oxidation sites excluding steroid dienone is 2. The van der Waals surface area contributed by atoms with Crippen molar-refractivity contribution >= 4 is 23.2 Å². The number of carbonyl (C=O) groups excluding carboxylic acids is 2. The number of benzene rings is 1. The minimum Gasteiger partial charge on any atom is -0.295 e. The van der Waals surface area contributed by atoms with E-state index in [9.17, 15) is 9.59 Å². The van der Waals surface area contributed by atoms with Crippen LogP contribution in [0.1, 0.15) is 18.5 Å². The molecule has 0 spiro atoms. The predicted molar refractivity (Wildman–Crippen MR) is 116 cm³/mol. The molecule has 30 heavy (non-hydrogen) atoms. The monoisotopic (exact) mass is 422 g/mol. The van der Waals surface area contributed by atoms with Crippen molar-refractivity contribution < 1.29 is 9.59 Å². The van der Waals surface area contributed by atoms with E-state index in [0.29, 0.717) is 19.5 Å². The highest BCUT2D eigenvalue weighted by Gasteiger charge is 2.47. The van der Waals surface area contributed by atoms with Gasteiger partial charge in [0, 0.05) is 43.7 Å². The first-order valence-electron chi connectivity index (χ1n) is 10.6. The Bertz CT molecular complexity index is 923. The van der Waals surface area contributed by atoms with Crippen LogP contribution in [-0.2, 0) is 16.1 Å². The van der Waals surface area contributed by atoms with E-state index in [0.717, 1.165) is 49.0 Å². The van der Waals surface area contributed by atoms with E-state index in [1.807, 2.05) is 30.4 Å². The third-order valence-corrected chi connectivity index (χ3v) is 7.30. The fourth-order valence-corrected chi connectivity index (χ4v) is 5.44. The molecule has 0 unspecified atom stereocenters. The minimum atomic E-state index is -0.132. The van der Waals surface area contributed by atoms with Crippen molar-refractivity contribution in [1.29, 1.82) is 0 Å². The van der Waals surface area contributed by atoms with Crippen molar-refractivity contribution in [3.8, 4) is 10.6 Å². The zero-order valence-electron chi connectivity index (χ0n) is 16.9. The lowest BCUT2D eigenvalue weighted by atomic mass is 9.85. The average Bonchev–Trinajstić information content (AvgIpc) is 3.35. The smallest absolute Gasteiger partial charge is 0.234 e. The van der Waals surface area contributed by atoms with Gasteiger partial charge >= 0.3 is 0 Å². The van der Waals surface area contributed by atoms with Crippen molar-refractivity contribution in [3.05, 3.63) is 53.6 Å². The van der Waals surface area contributed by atoms with E-state index in [-0.39, 0.29) is 23.7 Å². The van der Waals surface area contributed by atoms with Crippen LogP contribution in [0.25, 0.3) is 10.6 Å². The summed E-state index contributed by atoms with van der Waals surface area (Å²) in [7, 11) is 0. The molecule has 2 fully saturated rings. The molecule has 3 heterocycles. The summed E-state index contributed by atoms with van der Waals surface area (Å²) in [6, 6.07) is 10.3. The number of amides is 2. The molecule has 3 aliphatic rings. The van der Waals surface area contributed by atoms with Gasteiger partial charge in [0.2, 0.25) is 11.8 Å². The van der Waals surface area contributed by atoms with Crippen molar-refractivity contribution in [1.82, 2.24) is 19.7 Å². The third kappa shape index (κ3) is 3.85. The fourth-order valence-electron chi connectivity index (χ4n) is 4.62. The molecule has 0 radical (unpaired) electrons. The van der Waals surface area contributed by atoms with Crippen molar-refractivity contribution in [2.75, 3.05) is 32.8 Å². The fraction of sp³-hybridized carbons (Fsp3) is 0.435. The number of hydrogen-bond donors (Lipinski definition) is 0. The molecule has 0 bridgehead atoms. The number of hydrogen-bond acceptors (Lipinski definition) is 6. The molecule has 5 rings (SSSR count). The van der Waals surface area contributed by atoms with Crippen LogP contribution in [0.4, 0.5) is 0 Å². The molecule has 6 nitrogen and oxygen atoms in total. The molecule has 1 aliphatic carbocycles. The number of aromatic nitrogens is 1. The average molecular weight is 423 g/mol. The zero-order chi connectivity index (χ0) is 20.5. The molecular formula is C23H26N4O2S. The second kappa shape index (κ2) is 8.41. The summed E-state index contributed by atoms with van der Waals surface area (Å²) in [6.45, 7) is 4.84. The summed E-state index contributed by atoms with van der Waals surface area (Å²) in [5.41, 5.74) is 2.27. The van der Waals surface area contributed by atoms with Crippen LogP contribution in [0.2, 0.25) is 0 Å². The van der Waals surface area contributed by atoms with Crippen LogP contribution in [0.15, 0.2) is 47.9 Å². The van der Waals surface area contributed by atoms with Gasteiger partial charge in [-0.25, -0.2) is 4.98 Å². The molecular weight excluding hydrogens is 396 g/mol. The number of piperazine rings is 1. The molecule has 2 amide bonds. The Morgan fingerprint density at radius 1 is 0.900 bits per heavy atom. The largest absolute Gasteiger partial charge is 0.295 e. The first-order valence-corrected chi connectivity index (χ1v) is 11.5. The minimum absolute atomic E-state index is 0.0210. The number of likely N-dealkylation sites (tertiary alicyclic amines) is 1. The summed E-state index contributed by atoms with van der Waals surface area (Å²) in [6.07, 6.45) is 5.49. The molecule has 2 aliphatic heterocycles. The highest BCUT2D eigenvalue weighted by Crippen LogP contribution is 2.35. The Balaban J connectivity index is 1.13. The van der Waals surface area contributed by atoms with Gasteiger partial charge in [-0.2, -0.15) is 0 Å². The Kier molecular flexibility index (Phi) is 5.50. The van der Waals surface area contributed by atoms with Gasteiger partial charge in [-0.1, -0.05) is 42.5 Å². The third-order valence-electron chi connectivity index (χ3n) is 6.36. The Morgan fingerprint density at radius 3 is 2.20 bits per heavy atom. The second-order valence-electron chi connectivity index (χ2n) is 8.31. The summed E-state index contributed by atoms with van der Waals surface area (Å²) in [5.74, 6) is -0.222. The molecule has 1 aromatic carbocycles. The lowest BCUT2D eigenvalue weighted by molar-refractivity contribution is -0.142. The van der Waals surface area contributed by atoms with Crippen LogP contribution in [0, 0.1) is 11.8 Å². The molecule has 0 saturated carbocycles. The SMILES string of the molecule is O=C1[C@H]2CC=CC[C@@H]2C(=O)N1CN1CCN(Cc2csc(-c3ccccc3)n2)CC1. The van der Waals surface area contributed by atoms with Crippen molar-refractivity contribution in [2.24, 2.45) is 11.8 Å². The predicted octanol–water partition coefficient (Wildman–Crippen LogP) is 2.84. The topological polar surface area (TPSA) is 56.8 Å². The van der Waals surface area contributed by atoms with Gasteiger partial charge in [-0.15, -0.1) is 11.3 Å². The zero-order valence-corrected chi connectivity index (χ0v) is 17.8. The summed E-state index contributed by atoms with van der Waals surface area (Å²) in [5, 5.41) is 3.21. The number of nitrogens with zero attached hydrogens (tertiary/aromatic N) is 4. The standard InChI is InChI=1S/C23H26N4O2S/c28-22-19-8-4-5-9-20(19)23(29)27(22)16-26-12-10-25(11-13-26)14-18-15-30-21(24-18)17-6-2-1-3-7-17/h1-7,15,19-20H,8-14,16H2/t19-,20-/m0/s1. The molecule has 7 heteroatoms. The quantitative estimate of drug-likeness (QED) is 0.548. The van der Waals surface area contributed by atoms with Crippen LogP contribution < -0.4 is 0 Å². The van der Waals surface area contributed by atoms with Gasteiger partial charge in [0.15, 0.2) is 0 Å². The first-order chi connectivity index (χ1) is 14.7. The maximum atomic E-state index is 12.7. The first kappa shape index (κ1) is 19.6. The van der Waals surface area contributed by atoms with E-state index >= 15 is 0 Å². The van der Waals surface area contributed by atoms with Crippen LogP contribution >= 0.6 is 11.3 Å². The summed E-state index contributed by atoms with van der Waals surface area (Å²) >= 11 is 1.69. The summed E-state index contributed by atoms with van der Waals surface area (Å²) in [4.78, 5) is 36.3. The van der Waals surface area contributed by atoms with E-state index in [1.165, 1.54) is 4.90 Å². The van der Waals surface area contributed by atoms with Crippen molar-refractivity contribution in [3.63, 3.8) is 0 Å². The Labute approximate surface area is 180 Å². The lowest BCUT2D eigenvalue weighted by Crippen LogP contribution is -2.51. The summed E-state index contributed by atoms with van der Waals surface area (Å²) < 4.78 is 0. The second-order valence-corrected chi connectivity index (χ2v) is 9.16. The van der Waals surface area contributed by atoms with Crippen LogP contribution in [0.3, 0.4) is 0 Å². The van der Waals surface area contributed by atoms with E-state index < -0.39 is 0 Å². The Morgan fingerprint density at radius 2 is 1.53 bits per heavy atom. The molecule has 2 saturated heterocycles. The highest BCUT2D eigenvalue weighted by atomic mass is 32.1. The van der Waals surface area contributed by atoms with Gasteiger partial charge in [0.25, 0.3) is 0 Å². The maximum Gasteiger partial charge on any atom is 0.234 e. The number of fused-ring (bicyclic) bond motifs is 1. The van der Waals surface area contributed by atoms with Crippen molar-refractivity contribution in [2.45, 2.75) is 19.4 Å². The van der Waals surface area contributed by atoms with Gasteiger partial charge < -0.3 is 0 Å². The van der Waals surface area contributed by atoms with Gasteiger partial charge in [0.05, 0.1) is 24.2 Å². The van der Waals surface area contributed by atoms with Gasteiger partial charge in [-0.05, 0) is 12.8 Å². The molecule has 1 aromatic heterocycles. The molecule has 2 aromatic rings. The van der Waals surface area contributed by atoms with Gasteiger partial charge in [0.1, 0.15) is 5.01 Å². The van der Waals surface area contributed by atoms with Crippen LogP contribution in [0.5, 0.6) is 0 Å². The van der Waals surface area contributed by atoms with E-state index in [1.54, 1.807) is 11.3 Å². The van der Waals surface area contributed by atoms with Crippen LogP contribution in [-0.4, -0.2) is 64.3 Å². The lowest BCUT2D eigenvalue weighted by Gasteiger charge is -2.35. The highest BCUT2D eigenvalue weighted by molar-refractivity contribution is 7.13. The number of rotatable bonds is 5. The van der Waals surface area contributed by atoms with Gasteiger partial charge in [-0.3, -0.25) is 24.3 Å². The normalized spacial score (nSPS) is 25.1. The molecule has 0 N–H and O–H groups in total. The maximum absolute atomic E-state index is 12.7. The Hall–Kier alpha value is -2.35. The number of thiazole rings is 1. The van der Waals surface area contributed by atoms with E-state index in [4.69, 9.17) is 4.98 Å². The molecule has 156 valence electrons.